The highest BCUT2D eigenvalue weighted by Crippen LogP contribution is 2.28. The zero-order chi connectivity index (χ0) is 18.7. The van der Waals surface area contributed by atoms with Gasteiger partial charge in [0.25, 0.3) is 5.91 Å². The average Bonchev–Trinajstić information content (AvgIpc) is 3.20. The topological polar surface area (TPSA) is 62.3 Å². The van der Waals surface area contributed by atoms with Crippen molar-refractivity contribution in [3.8, 4) is 6.07 Å². The minimum Gasteiger partial charge on any atom is -0.325 e. The third kappa shape index (κ3) is 3.84. The normalized spacial score (nSPS) is 19.9. The first-order chi connectivity index (χ1) is 12.5. The van der Waals surface area contributed by atoms with Gasteiger partial charge in [-0.15, -0.1) is 11.3 Å². The Morgan fingerprint density at radius 3 is 2.92 bits per heavy atom. The van der Waals surface area contributed by atoms with Crippen LogP contribution in [0.1, 0.15) is 47.9 Å². The first-order valence-electron chi connectivity index (χ1n) is 9.27. The molecule has 0 spiro atoms. The van der Waals surface area contributed by atoms with Crippen LogP contribution >= 0.6 is 11.3 Å². The number of likely N-dealkylation sites (tertiary alicyclic amines) is 1. The summed E-state index contributed by atoms with van der Waals surface area (Å²) in [7, 11) is 0. The van der Waals surface area contributed by atoms with E-state index in [1.807, 2.05) is 25.3 Å². The predicted octanol–water partition coefficient (Wildman–Crippen LogP) is 2.48. The minimum absolute atomic E-state index is 0.00446. The predicted molar refractivity (Wildman–Crippen MR) is 105 cm³/mol. The Bertz CT molecular complexity index is 816. The zero-order valence-electron chi connectivity index (χ0n) is 15.8. The molecule has 138 valence electrons. The number of rotatable bonds is 5. The van der Waals surface area contributed by atoms with Crippen molar-refractivity contribution in [2.75, 3.05) is 18.4 Å². The van der Waals surface area contributed by atoms with Gasteiger partial charge in [0, 0.05) is 10.6 Å². The molecule has 2 atom stereocenters. The lowest BCUT2D eigenvalue weighted by atomic mass is 10.0. The Labute approximate surface area is 159 Å². The zero-order valence-corrected chi connectivity index (χ0v) is 16.6. The van der Waals surface area contributed by atoms with E-state index in [9.17, 15) is 10.1 Å². The van der Waals surface area contributed by atoms with Gasteiger partial charge in [0.2, 0.25) is 0 Å². The highest BCUT2D eigenvalue weighted by atomic mass is 32.1. The molecule has 6 heteroatoms. The van der Waals surface area contributed by atoms with Crippen LogP contribution in [0.25, 0.3) is 0 Å². The van der Waals surface area contributed by atoms with Crippen LogP contribution < -0.4 is 10.2 Å². The fourth-order valence-electron chi connectivity index (χ4n) is 3.78. The SMILES string of the molecule is Cc1c(C#N)c(NC(=O)C[NH+]2CCCC[C@@H]2C)n(Cc2cccs2)c1C. The summed E-state index contributed by atoms with van der Waals surface area (Å²) in [5.41, 5.74) is 2.55. The maximum absolute atomic E-state index is 12.7. The number of carbonyl (C=O) groups excluding carboxylic acids is 1. The lowest BCUT2D eigenvalue weighted by Gasteiger charge is -2.29. The van der Waals surface area contributed by atoms with Crippen LogP contribution in [0.5, 0.6) is 0 Å². The van der Waals surface area contributed by atoms with Crippen LogP contribution in [0.4, 0.5) is 5.82 Å². The van der Waals surface area contributed by atoms with Crippen LogP contribution in [0, 0.1) is 25.2 Å². The van der Waals surface area contributed by atoms with Gasteiger partial charge in [0.05, 0.1) is 24.7 Å². The Morgan fingerprint density at radius 2 is 2.27 bits per heavy atom. The molecule has 1 aliphatic rings. The summed E-state index contributed by atoms with van der Waals surface area (Å²) >= 11 is 1.68. The maximum atomic E-state index is 12.7. The molecule has 2 N–H and O–H groups in total. The number of nitriles is 1. The number of aromatic nitrogens is 1. The molecular formula is C20H27N4OS+. The standard InChI is InChI=1S/C20H26N4OS/c1-14-7-4-5-9-23(14)13-19(25)22-20-18(11-21)15(2)16(3)24(20)12-17-8-6-10-26-17/h6,8,10,14H,4-5,7,9,12-13H2,1-3H3,(H,22,25)/p+1/t14-/m0/s1. The van der Waals surface area contributed by atoms with Gasteiger partial charge in [0.15, 0.2) is 6.54 Å². The highest BCUT2D eigenvalue weighted by Gasteiger charge is 2.26. The molecule has 3 rings (SSSR count). The quantitative estimate of drug-likeness (QED) is 0.848. The fourth-order valence-corrected chi connectivity index (χ4v) is 4.48. The summed E-state index contributed by atoms with van der Waals surface area (Å²) in [6.45, 7) is 8.37. The van der Waals surface area contributed by atoms with Crippen LogP contribution in [0.15, 0.2) is 17.5 Å². The van der Waals surface area contributed by atoms with Crippen molar-refractivity contribution >= 4 is 23.1 Å². The van der Waals surface area contributed by atoms with Gasteiger partial charge < -0.3 is 14.8 Å². The Kier molecular flexibility index (Phi) is 5.80. The molecule has 0 bridgehead atoms. The summed E-state index contributed by atoms with van der Waals surface area (Å²) < 4.78 is 2.06. The van der Waals surface area contributed by atoms with Gasteiger partial charge in [-0.25, -0.2) is 0 Å². The average molecular weight is 372 g/mol. The molecular weight excluding hydrogens is 344 g/mol. The molecule has 1 amide bonds. The van der Waals surface area contributed by atoms with Crippen LogP contribution in [-0.4, -0.2) is 29.6 Å². The summed E-state index contributed by atoms with van der Waals surface area (Å²) in [5.74, 6) is 0.639. The molecule has 1 aliphatic heterocycles. The summed E-state index contributed by atoms with van der Waals surface area (Å²) in [6, 6.07) is 6.91. The molecule has 0 aliphatic carbocycles. The second-order valence-corrected chi connectivity index (χ2v) is 8.27. The summed E-state index contributed by atoms with van der Waals surface area (Å²) in [5, 5.41) is 14.7. The number of thiophene rings is 1. The molecule has 0 aromatic carbocycles. The fraction of sp³-hybridized carbons (Fsp3) is 0.500. The Hall–Kier alpha value is -2.10. The third-order valence-corrected chi connectivity index (χ3v) is 6.42. The number of piperidine rings is 1. The monoisotopic (exact) mass is 371 g/mol. The molecule has 1 saturated heterocycles. The number of hydrogen-bond acceptors (Lipinski definition) is 3. The van der Waals surface area contributed by atoms with Gasteiger partial charge in [-0.05, 0) is 57.0 Å². The van der Waals surface area contributed by atoms with E-state index in [0.29, 0.717) is 30.5 Å². The third-order valence-electron chi connectivity index (χ3n) is 5.56. The van der Waals surface area contributed by atoms with Crippen LogP contribution in [0.2, 0.25) is 0 Å². The number of hydrogen-bond donors (Lipinski definition) is 2. The smallest absolute Gasteiger partial charge is 0.280 e. The number of nitrogens with one attached hydrogen (secondary N) is 2. The van der Waals surface area contributed by atoms with Gasteiger partial charge in [-0.1, -0.05) is 6.07 Å². The number of anilines is 1. The first kappa shape index (κ1) is 18.7. The van der Waals surface area contributed by atoms with E-state index < -0.39 is 0 Å². The van der Waals surface area contributed by atoms with E-state index in [-0.39, 0.29) is 5.91 Å². The minimum atomic E-state index is -0.00446. The Morgan fingerprint density at radius 1 is 1.46 bits per heavy atom. The second kappa shape index (κ2) is 8.07. The second-order valence-electron chi connectivity index (χ2n) is 7.24. The molecule has 26 heavy (non-hydrogen) atoms. The van der Waals surface area contributed by atoms with E-state index in [0.717, 1.165) is 17.8 Å². The van der Waals surface area contributed by atoms with Gasteiger partial charge >= 0.3 is 0 Å². The highest BCUT2D eigenvalue weighted by molar-refractivity contribution is 7.09. The summed E-state index contributed by atoms with van der Waals surface area (Å²) in [4.78, 5) is 15.3. The van der Waals surface area contributed by atoms with Gasteiger partial charge in [-0.3, -0.25) is 4.79 Å². The summed E-state index contributed by atoms with van der Waals surface area (Å²) in [6.07, 6.45) is 3.62. The van der Waals surface area contributed by atoms with Crippen LogP contribution in [-0.2, 0) is 11.3 Å². The molecule has 2 aromatic rings. The molecule has 2 aromatic heterocycles. The van der Waals surface area contributed by atoms with Crippen molar-refractivity contribution in [3.63, 3.8) is 0 Å². The van der Waals surface area contributed by atoms with Crippen molar-refractivity contribution < 1.29 is 9.69 Å². The van der Waals surface area contributed by atoms with E-state index >= 15 is 0 Å². The number of carbonyl (C=O) groups is 1. The number of quaternary nitrogens is 1. The van der Waals surface area contributed by atoms with Crippen LogP contribution in [0.3, 0.4) is 0 Å². The lowest BCUT2D eigenvalue weighted by Crippen LogP contribution is -3.17. The Balaban J connectivity index is 1.82. The maximum Gasteiger partial charge on any atom is 0.280 e. The lowest BCUT2D eigenvalue weighted by molar-refractivity contribution is -0.920. The number of nitrogens with zero attached hydrogens (tertiary/aromatic N) is 2. The van der Waals surface area contributed by atoms with E-state index in [2.05, 4.69) is 28.9 Å². The van der Waals surface area contributed by atoms with Gasteiger partial charge in [-0.2, -0.15) is 5.26 Å². The van der Waals surface area contributed by atoms with E-state index in [1.165, 1.54) is 29.0 Å². The molecule has 0 radical (unpaired) electrons. The molecule has 5 nitrogen and oxygen atoms in total. The van der Waals surface area contributed by atoms with Crippen molar-refractivity contribution in [2.24, 2.45) is 0 Å². The molecule has 1 fully saturated rings. The van der Waals surface area contributed by atoms with Crippen molar-refractivity contribution in [3.05, 3.63) is 39.2 Å². The van der Waals surface area contributed by atoms with Gasteiger partial charge in [0.1, 0.15) is 11.9 Å². The first-order valence-corrected chi connectivity index (χ1v) is 10.2. The number of amides is 1. The van der Waals surface area contributed by atoms with E-state index in [1.54, 1.807) is 11.3 Å². The van der Waals surface area contributed by atoms with E-state index in [4.69, 9.17) is 0 Å². The van der Waals surface area contributed by atoms with Crippen molar-refractivity contribution in [2.45, 2.75) is 52.6 Å². The largest absolute Gasteiger partial charge is 0.325 e. The van der Waals surface area contributed by atoms with Crippen molar-refractivity contribution in [1.82, 2.24) is 4.57 Å². The molecule has 0 saturated carbocycles. The molecule has 3 heterocycles. The van der Waals surface area contributed by atoms with Crippen molar-refractivity contribution in [1.29, 1.82) is 5.26 Å². The molecule has 1 unspecified atom stereocenters.